The smallest absolute Gasteiger partial charge is 0.306 e. The quantitative estimate of drug-likeness (QED) is 0.0268. The lowest BCUT2D eigenvalue weighted by Crippen LogP contribution is -2.55. The van der Waals surface area contributed by atoms with Gasteiger partial charge >= 0.3 is 11.9 Å². The molecule has 0 rings (SSSR count). The van der Waals surface area contributed by atoms with Crippen LogP contribution in [-0.4, -0.2) is 75.5 Å². The molecule has 2 atom stereocenters. The number of aliphatic carboxylic acids is 1. The van der Waals surface area contributed by atoms with Gasteiger partial charge in [-0.2, -0.15) is 0 Å². The lowest BCUT2D eigenvalue weighted by atomic mass is 10.1. The molecule has 0 heterocycles. The Labute approximate surface area is 336 Å². The van der Waals surface area contributed by atoms with E-state index in [9.17, 15) is 19.5 Å². The van der Waals surface area contributed by atoms with E-state index in [-0.39, 0.29) is 55.5 Å². The number of likely N-dealkylation sites (N-methyl/N-ethyl adjacent to an activating group) is 1. The molecule has 314 valence electrons. The van der Waals surface area contributed by atoms with Gasteiger partial charge in [0.05, 0.1) is 40.3 Å². The van der Waals surface area contributed by atoms with Gasteiger partial charge in [0.15, 0.2) is 6.10 Å². The number of carboxylic acids is 1. The van der Waals surface area contributed by atoms with E-state index >= 15 is 0 Å². The monoisotopic (exact) mass is 770 g/mol. The largest absolute Gasteiger partial charge is 0.544 e. The van der Waals surface area contributed by atoms with Crippen LogP contribution in [0.15, 0.2) is 72.9 Å². The fourth-order valence-electron chi connectivity index (χ4n) is 5.75. The van der Waals surface area contributed by atoms with Crippen LogP contribution in [0, 0.1) is 0 Å². The Morgan fingerprint density at radius 1 is 0.564 bits per heavy atom. The van der Waals surface area contributed by atoms with E-state index in [0.717, 1.165) is 70.6 Å². The number of ether oxygens (including phenoxy) is 3. The molecule has 0 aliphatic rings. The van der Waals surface area contributed by atoms with Gasteiger partial charge < -0.3 is 28.6 Å². The first-order valence-corrected chi connectivity index (χ1v) is 21.5. The maximum atomic E-state index is 12.7. The number of nitrogens with zero attached hydrogens (tertiary/aromatic N) is 1. The Morgan fingerprint density at radius 3 is 1.56 bits per heavy atom. The zero-order valence-electron chi connectivity index (χ0n) is 35.6. The maximum absolute atomic E-state index is 12.7. The molecule has 55 heavy (non-hydrogen) atoms. The topological polar surface area (TPSA) is 102 Å². The summed E-state index contributed by atoms with van der Waals surface area (Å²) in [4.78, 5) is 36.8. The second kappa shape index (κ2) is 37.7. The molecule has 0 aliphatic carbocycles. The molecule has 2 unspecified atom stereocenters. The first-order chi connectivity index (χ1) is 26.6. The van der Waals surface area contributed by atoms with Crippen molar-refractivity contribution in [3.05, 3.63) is 72.9 Å². The summed E-state index contributed by atoms with van der Waals surface area (Å²) in [5.41, 5.74) is 0. The third kappa shape index (κ3) is 36.2. The van der Waals surface area contributed by atoms with Crippen molar-refractivity contribution in [3.63, 3.8) is 0 Å². The van der Waals surface area contributed by atoms with Crippen LogP contribution in [0.2, 0.25) is 0 Å². The Kier molecular flexibility index (Phi) is 35.5. The number of esters is 2. The molecule has 0 aromatic heterocycles. The van der Waals surface area contributed by atoms with Crippen LogP contribution >= 0.6 is 0 Å². The van der Waals surface area contributed by atoms with Crippen molar-refractivity contribution >= 4 is 17.9 Å². The molecule has 0 spiro atoms. The summed E-state index contributed by atoms with van der Waals surface area (Å²) in [5, 5.41) is 11.6. The van der Waals surface area contributed by atoms with Crippen LogP contribution in [0.25, 0.3) is 0 Å². The molecule has 8 nitrogen and oxygen atoms in total. The third-order valence-electron chi connectivity index (χ3n) is 9.08. The second-order valence-corrected chi connectivity index (χ2v) is 15.2. The second-order valence-electron chi connectivity index (χ2n) is 15.2. The van der Waals surface area contributed by atoms with E-state index in [1.807, 2.05) is 0 Å². The van der Waals surface area contributed by atoms with Crippen molar-refractivity contribution in [1.82, 2.24) is 0 Å². The zero-order valence-corrected chi connectivity index (χ0v) is 35.6. The number of unbranched alkanes of at least 4 members (excludes halogenated alkanes) is 11. The van der Waals surface area contributed by atoms with Crippen molar-refractivity contribution in [3.8, 4) is 0 Å². The molecule has 0 aromatic carbocycles. The molecular formula is C47H79NO7. The SMILES string of the molecule is CC/C=C/C/C=C/C/C=C/CCCCCCC(=O)OC(COCCC(C(=O)[O-])[N+](C)(C)C)COC(=O)CCC/C=C/C/C=C/C/C=C/CCCCCCCC. The van der Waals surface area contributed by atoms with Crippen LogP contribution in [-0.2, 0) is 28.6 Å². The van der Waals surface area contributed by atoms with Crippen LogP contribution in [0.1, 0.15) is 155 Å². The fraction of sp³-hybridized carbons (Fsp3) is 0.681. The van der Waals surface area contributed by atoms with Gasteiger partial charge in [0.2, 0.25) is 0 Å². The molecule has 0 saturated carbocycles. The average Bonchev–Trinajstić information content (AvgIpc) is 3.14. The maximum Gasteiger partial charge on any atom is 0.306 e. The highest BCUT2D eigenvalue weighted by Crippen LogP contribution is 2.12. The summed E-state index contributed by atoms with van der Waals surface area (Å²) >= 11 is 0. The number of allylic oxidation sites excluding steroid dienone is 12. The van der Waals surface area contributed by atoms with Gasteiger partial charge in [-0.1, -0.05) is 132 Å². The number of rotatable bonds is 37. The highest BCUT2D eigenvalue weighted by molar-refractivity contribution is 5.70. The molecule has 0 bridgehead atoms. The van der Waals surface area contributed by atoms with Gasteiger partial charge in [0, 0.05) is 19.3 Å². The summed E-state index contributed by atoms with van der Waals surface area (Å²) < 4.78 is 17.1. The van der Waals surface area contributed by atoms with Crippen molar-refractivity contribution in [1.29, 1.82) is 0 Å². The van der Waals surface area contributed by atoms with Crippen LogP contribution in [0.4, 0.5) is 0 Å². The minimum Gasteiger partial charge on any atom is -0.544 e. The van der Waals surface area contributed by atoms with Crippen molar-refractivity contribution in [2.45, 2.75) is 167 Å². The molecular weight excluding hydrogens is 691 g/mol. The number of carboxylic acid groups (broad SMARTS) is 1. The first kappa shape index (κ1) is 51.8. The minimum absolute atomic E-state index is 0.0120. The van der Waals surface area contributed by atoms with E-state index in [2.05, 4.69) is 86.8 Å². The van der Waals surface area contributed by atoms with Gasteiger partial charge in [0.25, 0.3) is 0 Å². The molecule has 0 aromatic rings. The molecule has 0 saturated heterocycles. The zero-order chi connectivity index (χ0) is 40.7. The minimum atomic E-state index is -1.14. The van der Waals surface area contributed by atoms with Gasteiger partial charge in [-0.15, -0.1) is 0 Å². The van der Waals surface area contributed by atoms with Crippen molar-refractivity contribution in [2.75, 3.05) is 41.0 Å². The van der Waals surface area contributed by atoms with Gasteiger partial charge in [-0.05, 0) is 77.0 Å². The Morgan fingerprint density at radius 2 is 1.04 bits per heavy atom. The lowest BCUT2D eigenvalue weighted by molar-refractivity contribution is -0.889. The van der Waals surface area contributed by atoms with E-state index in [1.54, 1.807) is 21.1 Å². The molecule has 0 radical (unpaired) electrons. The molecule has 0 amide bonds. The summed E-state index contributed by atoms with van der Waals surface area (Å²) in [5.74, 6) is -1.84. The fourth-order valence-corrected chi connectivity index (χ4v) is 5.75. The van der Waals surface area contributed by atoms with E-state index in [0.29, 0.717) is 6.42 Å². The predicted molar refractivity (Wildman–Crippen MR) is 226 cm³/mol. The Balaban J connectivity index is 4.49. The summed E-state index contributed by atoms with van der Waals surface area (Å²) in [6, 6.07) is -0.740. The highest BCUT2D eigenvalue weighted by Gasteiger charge is 2.25. The first-order valence-electron chi connectivity index (χ1n) is 21.5. The Hall–Kier alpha value is -3.23. The molecule has 8 heteroatoms. The number of carbonyl (C=O) groups excluding carboxylic acids is 3. The number of carbonyl (C=O) groups is 3. The summed E-state index contributed by atoms with van der Waals surface area (Å²) in [6.45, 7) is 4.44. The van der Waals surface area contributed by atoms with Gasteiger partial charge in [0.1, 0.15) is 12.6 Å². The molecule has 0 aliphatic heterocycles. The highest BCUT2D eigenvalue weighted by atomic mass is 16.6. The van der Waals surface area contributed by atoms with Gasteiger partial charge in [-0.25, -0.2) is 0 Å². The standard InChI is InChI=1S/C47H79NO7/c1-6-8-10-12-14-16-18-20-22-23-24-26-27-29-31-33-35-37-45(49)54-42-43(41-53-40-39-44(47(51)52)48(3,4)5)55-46(50)38-36-34-32-30-28-25-21-19-17-15-13-11-9-7-2/h9,11,15,17,20-22,24-26,29,31,43-44H,6-8,10,12-14,16,18-19,23,27-28,30,32-42H2,1-5H3/b11-9+,17-15+,22-20+,25-21+,26-24+,31-29+. The normalized spacial score (nSPS) is 13.7. The third-order valence-corrected chi connectivity index (χ3v) is 9.08. The molecule has 0 fully saturated rings. The van der Waals surface area contributed by atoms with E-state index in [1.165, 1.54) is 44.9 Å². The Bertz CT molecular complexity index is 1130. The van der Waals surface area contributed by atoms with Crippen LogP contribution in [0.5, 0.6) is 0 Å². The number of hydrogen-bond acceptors (Lipinski definition) is 7. The average molecular weight is 770 g/mol. The van der Waals surface area contributed by atoms with Crippen LogP contribution < -0.4 is 5.11 Å². The van der Waals surface area contributed by atoms with E-state index in [4.69, 9.17) is 14.2 Å². The van der Waals surface area contributed by atoms with Crippen molar-refractivity contribution < 1.29 is 38.2 Å². The van der Waals surface area contributed by atoms with E-state index < -0.39 is 18.1 Å². The number of hydrogen-bond donors (Lipinski definition) is 0. The lowest BCUT2D eigenvalue weighted by Gasteiger charge is -2.34. The predicted octanol–water partition coefficient (Wildman–Crippen LogP) is 10.2. The summed E-state index contributed by atoms with van der Waals surface area (Å²) in [6.07, 6.45) is 46.5. The van der Waals surface area contributed by atoms with Crippen molar-refractivity contribution in [2.24, 2.45) is 0 Å². The van der Waals surface area contributed by atoms with Gasteiger partial charge in [-0.3, -0.25) is 9.59 Å². The number of quaternary nitrogens is 1. The van der Waals surface area contributed by atoms with Crippen LogP contribution in [0.3, 0.4) is 0 Å². The molecule has 0 N–H and O–H groups in total. The summed E-state index contributed by atoms with van der Waals surface area (Å²) in [7, 11) is 5.37.